The van der Waals surface area contributed by atoms with Crippen LogP contribution in [0, 0.1) is 5.82 Å². The molecule has 0 bridgehead atoms. The summed E-state index contributed by atoms with van der Waals surface area (Å²) >= 11 is 0. The van der Waals surface area contributed by atoms with Crippen LogP contribution in [0.1, 0.15) is 43.1 Å². The van der Waals surface area contributed by atoms with Crippen molar-refractivity contribution in [3.05, 3.63) is 59.4 Å². The maximum atomic E-state index is 14.0. The van der Waals surface area contributed by atoms with E-state index in [-0.39, 0.29) is 42.5 Å². The lowest BCUT2D eigenvalue weighted by Gasteiger charge is -2.24. The lowest BCUT2D eigenvalue weighted by atomic mass is 10.1. The summed E-state index contributed by atoms with van der Waals surface area (Å²) in [6, 6.07) is 9.86. The van der Waals surface area contributed by atoms with Crippen molar-refractivity contribution < 1.29 is 33.0 Å². The molecule has 4 rings (SSSR count). The molecule has 0 saturated carbocycles. The minimum Gasteiger partial charge on any atom is -0.458 e. The number of esters is 1. The van der Waals surface area contributed by atoms with E-state index in [1.807, 2.05) is 0 Å². The van der Waals surface area contributed by atoms with Gasteiger partial charge >= 0.3 is 5.97 Å². The number of aryl methyl sites for hydroxylation is 1. The van der Waals surface area contributed by atoms with Crippen LogP contribution in [-0.2, 0) is 20.7 Å². The van der Waals surface area contributed by atoms with E-state index in [4.69, 9.17) is 9.15 Å². The molecule has 13 heteroatoms. The first-order valence-corrected chi connectivity index (χ1v) is 13.1. The second-order valence-corrected chi connectivity index (χ2v) is 10.5. The number of amides is 2. The first-order valence-electron chi connectivity index (χ1n) is 13.1. The summed E-state index contributed by atoms with van der Waals surface area (Å²) in [5.74, 6) is -1.56. The molecular weight excluding hydrogens is 535 g/mol. The Kier molecular flexibility index (Phi) is 9.17. The zero-order valence-corrected chi connectivity index (χ0v) is 23.0. The van der Waals surface area contributed by atoms with Crippen molar-refractivity contribution in [1.82, 2.24) is 20.9 Å². The highest BCUT2D eigenvalue weighted by Gasteiger charge is 2.27. The number of β-amino-alcohol motifs (C(OH)–C–C–N with tert-alkyl or cyclic N) is 1. The third kappa shape index (κ3) is 8.48. The van der Waals surface area contributed by atoms with Gasteiger partial charge in [0, 0.05) is 25.1 Å². The fourth-order valence-corrected chi connectivity index (χ4v) is 3.88. The molecule has 0 aliphatic carbocycles. The molecule has 0 fully saturated rings. The predicted molar refractivity (Wildman–Crippen MR) is 149 cm³/mol. The molecule has 12 nitrogen and oxygen atoms in total. The van der Waals surface area contributed by atoms with Crippen LogP contribution >= 0.6 is 0 Å². The number of carbonyl (C=O) groups excluding carboxylic acids is 3. The third-order valence-corrected chi connectivity index (χ3v) is 5.90. The number of nitrogens with one attached hydrogen (secondary N) is 4. The number of para-hydroxylation sites is 1. The summed E-state index contributed by atoms with van der Waals surface area (Å²) in [5.41, 5.74) is 0.631. The molecule has 1 aliphatic heterocycles. The Morgan fingerprint density at radius 3 is 2.61 bits per heavy atom. The molecule has 0 radical (unpaired) electrons. The number of benzene rings is 2. The Labute approximate surface area is 235 Å². The normalized spacial score (nSPS) is 15.8. The molecule has 2 heterocycles. The van der Waals surface area contributed by atoms with Gasteiger partial charge in [0.05, 0.1) is 12.6 Å². The average Bonchev–Trinajstić information content (AvgIpc) is 3.34. The number of oxazole rings is 1. The van der Waals surface area contributed by atoms with Crippen molar-refractivity contribution in [2.24, 2.45) is 4.99 Å². The molecule has 2 atom stereocenters. The standard InChI is InChI=1S/C28H33FN6O6/c1-28(2,3)41-25(39)21(34-27-33-20-6-4-5-19(29)23(20)40-27)15-30-24(38)17-10-7-16(8-11-17)9-12-22(37)35-26-31-13-18(36)14-32-26/h4-8,10-11,18,21,36H,9,12-15H2,1-3H3,(H,30,38)(H,33,34)(H2,31,32,35,37). The second kappa shape index (κ2) is 12.8. The molecule has 2 unspecified atom stereocenters. The van der Waals surface area contributed by atoms with Crippen molar-refractivity contribution in [2.45, 2.75) is 51.4 Å². The maximum absolute atomic E-state index is 14.0. The van der Waals surface area contributed by atoms with Gasteiger partial charge in [-0.25, -0.2) is 9.18 Å². The number of hydrogen-bond acceptors (Lipinski definition) is 10. The Hall–Kier alpha value is -4.52. The molecule has 0 spiro atoms. The number of anilines is 1. The van der Waals surface area contributed by atoms with Gasteiger partial charge in [0.25, 0.3) is 11.9 Å². The van der Waals surface area contributed by atoms with Crippen molar-refractivity contribution in [2.75, 3.05) is 25.0 Å². The van der Waals surface area contributed by atoms with Crippen LogP contribution in [-0.4, -0.2) is 71.2 Å². The molecule has 0 saturated heterocycles. The quantitative estimate of drug-likeness (QED) is 0.242. The van der Waals surface area contributed by atoms with Crippen LogP contribution < -0.4 is 21.3 Å². The molecule has 218 valence electrons. The van der Waals surface area contributed by atoms with Gasteiger partial charge in [-0.3, -0.25) is 19.9 Å². The minimum atomic E-state index is -1.07. The number of aliphatic hydroxyl groups is 1. The van der Waals surface area contributed by atoms with Gasteiger partial charge in [-0.1, -0.05) is 18.2 Å². The van der Waals surface area contributed by atoms with Gasteiger partial charge < -0.3 is 30.2 Å². The van der Waals surface area contributed by atoms with Crippen LogP contribution in [0.15, 0.2) is 51.9 Å². The highest BCUT2D eigenvalue weighted by atomic mass is 19.1. The summed E-state index contributed by atoms with van der Waals surface area (Å²) in [7, 11) is 0. The summed E-state index contributed by atoms with van der Waals surface area (Å²) in [5, 5.41) is 20.5. The summed E-state index contributed by atoms with van der Waals surface area (Å²) in [6.45, 7) is 5.55. The number of aromatic nitrogens is 1. The van der Waals surface area contributed by atoms with E-state index in [0.717, 1.165) is 5.56 Å². The number of fused-ring (bicyclic) bond motifs is 1. The topological polar surface area (TPSA) is 167 Å². The molecule has 41 heavy (non-hydrogen) atoms. The van der Waals surface area contributed by atoms with E-state index < -0.39 is 35.4 Å². The molecule has 2 amide bonds. The number of nitrogens with zero attached hydrogens (tertiary/aromatic N) is 2. The van der Waals surface area contributed by atoms with Gasteiger partial charge in [-0.2, -0.15) is 4.98 Å². The van der Waals surface area contributed by atoms with Crippen LogP contribution in [0.4, 0.5) is 10.4 Å². The van der Waals surface area contributed by atoms with Gasteiger partial charge in [-0.05, 0) is 57.0 Å². The fourth-order valence-electron chi connectivity index (χ4n) is 3.88. The van der Waals surface area contributed by atoms with Crippen molar-refractivity contribution in [1.29, 1.82) is 0 Å². The van der Waals surface area contributed by atoms with Gasteiger partial charge in [0.2, 0.25) is 5.91 Å². The van der Waals surface area contributed by atoms with E-state index in [1.165, 1.54) is 12.1 Å². The molecule has 3 aromatic rings. The Bertz CT molecular complexity index is 1430. The number of halogens is 1. The van der Waals surface area contributed by atoms with Crippen LogP contribution in [0.5, 0.6) is 0 Å². The summed E-state index contributed by atoms with van der Waals surface area (Å²) in [6.07, 6.45) is 0.0854. The third-order valence-electron chi connectivity index (χ3n) is 5.90. The van der Waals surface area contributed by atoms with E-state index >= 15 is 0 Å². The zero-order valence-electron chi connectivity index (χ0n) is 23.0. The van der Waals surface area contributed by atoms with Gasteiger partial charge in [0.1, 0.15) is 17.2 Å². The molecule has 1 aromatic heterocycles. The molecule has 2 aromatic carbocycles. The highest BCUT2D eigenvalue weighted by molar-refractivity contribution is 5.97. The Morgan fingerprint density at radius 1 is 1.20 bits per heavy atom. The van der Waals surface area contributed by atoms with Crippen molar-refractivity contribution in [3.63, 3.8) is 0 Å². The number of ether oxygens (including phenoxy) is 1. The molecule has 5 N–H and O–H groups in total. The number of guanidine groups is 1. The lowest BCUT2D eigenvalue weighted by molar-refractivity contribution is -0.155. The fraction of sp³-hybridized carbons (Fsp3) is 0.393. The summed E-state index contributed by atoms with van der Waals surface area (Å²) in [4.78, 5) is 46.1. The minimum absolute atomic E-state index is 0.0567. The Morgan fingerprint density at radius 2 is 1.95 bits per heavy atom. The van der Waals surface area contributed by atoms with Crippen LogP contribution in [0.3, 0.4) is 0 Å². The monoisotopic (exact) mass is 568 g/mol. The van der Waals surface area contributed by atoms with Crippen LogP contribution in [0.25, 0.3) is 11.1 Å². The van der Waals surface area contributed by atoms with Gasteiger partial charge in [-0.15, -0.1) is 0 Å². The van der Waals surface area contributed by atoms with Gasteiger partial charge in [0.15, 0.2) is 17.4 Å². The highest BCUT2D eigenvalue weighted by Crippen LogP contribution is 2.22. The van der Waals surface area contributed by atoms with E-state index in [0.29, 0.717) is 24.5 Å². The second-order valence-electron chi connectivity index (χ2n) is 10.5. The van der Waals surface area contributed by atoms with Crippen LogP contribution in [0.2, 0.25) is 0 Å². The number of hydrogen-bond donors (Lipinski definition) is 5. The van der Waals surface area contributed by atoms with Crippen molar-refractivity contribution in [3.8, 4) is 0 Å². The zero-order chi connectivity index (χ0) is 29.6. The Balaban J connectivity index is 1.33. The number of carbonyl (C=O) groups is 3. The predicted octanol–water partition coefficient (Wildman–Crippen LogP) is 1.89. The summed E-state index contributed by atoms with van der Waals surface area (Å²) < 4.78 is 24.9. The average molecular weight is 569 g/mol. The SMILES string of the molecule is CC(C)(C)OC(=O)C(CNC(=O)c1ccc(CCC(=O)NC2=NCC(O)CN2)cc1)Nc1nc2cccc(F)c2o1. The van der Waals surface area contributed by atoms with E-state index in [1.54, 1.807) is 51.1 Å². The molecule has 1 aliphatic rings. The number of aliphatic imine (C=N–C) groups is 1. The lowest BCUT2D eigenvalue weighted by Crippen LogP contribution is -2.48. The maximum Gasteiger partial charge on any atom is 0.331 e. The molecular formula is C28H33FN6O6. The van der Waals surface area contributed by atoms with E-state index in [9.17, 15) is 23.9 Å². The van der Waals surface area contributed by atoms with Crippen molar-refractivity contribution >= 4 is 40.9 Å². The largest absolute Gasteiger partial charge is 0.458 e. The number of rotatable bonds is 9. The smallest absolute Gasteiger partial charge is 0.331 e. The first-order chi connectivity index (χ1) is 19.5. The number of aliphatic hydroxyl groups excluding tert-OH is 1. The first kappa shape index (κ1) is 29.5. The van der Waals surface area contributed by atoms with E-state index in [2.05, 4.69) is 31.2 Å².